The Morgan fingerprint density at radius 1 is 1.29 bits per heavy atom. The van der Waals surface area contributed by atoms with Crippen LogP contribution in [-0.4, -0.2) is 15.7 Å². The van der Waals surface area contributed by atoms with Crippen LogP contribution in [-0.2, 0) is 7.05 Å². The van der Waals surface area contributed by atoms with Crippen LogP contribution in [0.1, 0.15) is 22.0 Å². The molecular formula is C12H15N4O+. The van der Waals surface area contributed by atoms with Crippen molar-refractivity contribution in [2.75, 3.05) is 5.43 Å². The summed E-state index contributed by atoms with van der Waals surface area (Å²) in [6.45, 7) is 3.74. The second kappa shape index (κ2) is 4.37. The Labute approximate surface area is 99.7 Å². The maximum Gasteiger partial charge on any atom is 0.299 e. The normalized spacial score (nSPS) is 10.3. The molecule has 0 radical (unpaired) electrons. The summed E-state index contributed by atoms with van der Waals surface area (Å²) in [6, 6.07) is 9.10. The van der Waals surface area contributed by atoms with Crippen molar-refractivity contribution >= 4 is 5.91 Å². The summed E-state index contributed by atoms with van der Waals surface area (Å²) in [5, 5.41) is 4.22. The zero-order chi connectivity index (χ0) is 12.4. The Morgan fingerprint density at radius 3 is 2.47 bits per heavy atom. The average Bonchev–Trinajstić information content (AvgIpc) is 2.57. The Hall–Kier alpha value is -2.17. The predicted molar refractivity (Wildman–Crippen MR) is 63.0 cm³/mol. The molecule has 17 heavy (non-hydrogen) atoms. The highest BCUT2D eigenvalue weighted by molar-refractivity contribution is 5.99. The molecule has 2 aromatic rings. The summed E-state index contributed by atoms with van der Waals surface area (Å²) < 4.78 is 3.40. The van der Waals surface area contributed by atoms with Crippen molar-refractivity contribution in [3.8, 4) is 0 Å². The molecule has 0 aliphatic carbocycles. The largest absolute Gasteiger partial charge is 0.299 e. The van der Waals surface area contributed by atoms with Crippen LogP contribution in [0.4, 0.5) is 0 Å². The van der Waals surface area contributed by atoms with Gasteiger partial charge >= 0.3 is 0 Å². The first-order chi connectivity index (χ1) is 8.09. The Bertz CT molecular complexity index is 545. The zero-order valence-corrected chi connectivity index (χ0v) is 10.1. The topological polar surface area (TPSA) is 50.8 Å². The van der Waals surface area contributed by atoms with Gasteiger partial charge in [-0.05, 0) is 17.2 Å². The van der Waals surface area contributed by atoms with Crippen LogP contribution in [0.2, 0.25) is 0 Å². The number of rotatable bonds is 2. The Kier molecular flexibility index (Phi) is 2.91. The van der Waals surface area contributed by atoms with Crippen LogP contribution in [0.3, 0.4) is 0 Å². The molecule has 0 spiro atoms. The second-order valence-electron chi connectivity index (χ2n) is 3.86. The van der Waals surface area contributed by atoms with E-state index >= 15 is 0 Å². The van der Waals surface area contributed by atoms with Gasteiger partial charge in [-0.25, -0.2) is 0 Å². The molecule has 0 aliphatic rings. The molecule has 0 saturated heterocycles. The number of aryl methyl sites for hydroxylation is 2. The summed E-state index contributed by atoms with van der Waals surface area (Å²) in [7, 11) is 1.84. The quantitative estimate of drug-likeness (QED) is 0.774. The molecule has 0 fully saturated rings. The highest BCUT2D eigenvalue weighted by atomic mass is 16.2. The van der Waals surface area contributed by atoms with Crippen LogP contribution in [0.15, 0.2) is 30.3 Å². The van der Waals surface area contributed by atoms with E-state index in [-0.39, 0.29) is 5.91 Å². The first-order valence-corrected chi connectivity index (χ1v) is 5.38. The fourth-order valence-electron chi connectivity index (χ4n) is 1.63. The highest BCUT2D eigenvalue weighted by Gasteiger charge is 2.19. The maximum atomic E-state index is 12.0. The molecule has 88 valence electrons. The highest BCUT2D eigenvalue weighted by Crippen LogP contribution is 2.01. The van der Waals surface area contributed by atoms with Gasteiger partial charge in [0.1, 0.15) is 7.05 Å². The number of hydrogen-bond donors (Lipinski definition) is 1. The molecule has 1 N–H and O–H groups in total. The maximum absolute atomic E-state index is 12.0. The average molecular weight is 231 g/mol. The zero-order valence-electron chi connectivity index (χ0n) is 10.1. The van der Waals surface area contributed by atoms with Crippen LogP contribution in [0, 0.1) is 13.8 Å². The Balaban J connectivity index is 2.25. The van der Waals surface area contributed by atoms with E-state index in [1.54, 1.807) is 21.5 Å². The minimum Gasteiger partial charge on any atom is -0.266 e. The third-order valence-corrected chi connectivity index (χ3v) is 2.66. The lowest BCUT2D eigenvalue weighted by molar-refractivity contribution is -0.734. The van der Waals surface area contributed by atoms with Gasteiger partial charge in [-0.3, -0.25) is 4.79 Å². The van der Waals surface area contributed by atoms with Crippen molar-refractivity contribution in [1.29, 1.82) is 0 Å². The van der Waals surface area contributed by atoms with Crippen LogP contribution < -0.4 is 10.1 Å². The number of benzene rings is 1. The molecule has 0 unspecified atom stereocenters. The molecule has 1 aromatic heterocycles. The molecule has 0 atom stereocenters. The summed E-state index contributed by atoms with van der Waals surface area (Å²) in [6.07, 6.45) is 0. The molecule has 5 nitrogen and oxygen atoms in total. The smallest absolute Gasteiger partial charge is 0.266 e. The van der Waals surface area contributed by atoms with Crippen molar-refractivity contribution in [3.63, 3.8) is 0 Å². The van der Waals surface area contributed by atoms with E-state index in [1.807, 2.05) is 39.1 Å². The number of carbonyl (C=O) groups excluding carboxylic acids is 1. The predicted octanol–water partition coefficient (Wildman–Crippen LogP) is 0.708. The van der Waals surface area contributed by atoms with Gasteiger partial charge in [0, 0.05) is 19.4 Å². The second-order valence-corrected chi connectivity index (χ2v) is 3.86. The summed E-state index contributed by atoms with van der Waals surface area (Å²) >= 11 is 0. The number of aromatic nitrogens is 3. The van der Waals surface area contributed by atoms with Crippen LogP contribution >= 0.6 is 0 Å². The first kappa shape index (κ1) is 11.3. The molecule has 5 heteroatoms. The van der Waals surface area contributed by atoms with E-state index in [4.69, 9.17) is 0 Å². The molecular weight excluding hydrogens is 216 g/mol. The molecule has 0 aliphatic heterocycles. The van der Waals surface area contributed by atoms with E-state index < -0.39 is 0 Å². The van der Waals surface area contributed by atoms with Crippen molar-refractivity contribution in [2.24, 2.45) is 7.05 Å². The van der Waals surface area contributed by atoms with Gasteiger partial charge in [0.2, 0.25) is 0 Å². The van der Waals surface area contributed by atoms with E-state index in [0.717, 1.165) is 11.6 Å². The lowest BCUT2D eigenvalue weighted by atomic mass is 10.2. The number of carbonyl (C=O) groups is 1. The number of hydrogen-bond acceptors (Lipinski definition) is 2. The molecule has 2 rings (SSSR count). The van der Waals surface area contributed by atoms with Gasteiger partial charge in [0.15, 0.2) is 0 Å². The standard InChI is InChI=1S/C12H14N4O/c1-9-13-15(3)10(2)16(9)14-12(17)11-7-5-4-6-8-11/h4-8H,1-3H3/p+1. The van der Waals surface area contributed by atoms with Gasteiger partial charge in [0.25, 0.3) is 17.6 Å². The monoisotopic (exact) mass is 231 g/mol. The fourth-order valence-corrected chi connectivity index (χ4v) is 1.63. The van der Waals surface area contributed by atoms with Crippen molar-refractivity contribution in [3.05, 3.63) is 47.5 Å². The number of amides is 1. The molecule has 1 amide bonds. The SMILES string of the molecule is Cc1n[n+](C)c(C)n1NC(=O)c1ccccc1. The van der Waals surface area contributed by atoms with Gasteiger partial charge in [-0.1, -0.05) is 18.2 Å². The lowest BCUT2D eigenvalue weighted by Gasteiger charge is -2.02. The third kappa shape index (κ3) is 2.18. The van der Waals surface area contributed by atoms with E-state index in [2.05, 4.69) is 10.5 Å². The van der Waals surface area contributed by atoms with Crippen molar-refractivity contribution in [2.45, 2.75) is 13.8 Å². The minimum atomic E-state index is -0.144. The molecule has 1 aromatic carbocycles. The fraction of sp³-hybridized carbons (Fsp3) is 0.250. The van der Waals surface area contributed by atoms with E-state index in [1.165, 1.54) is 0 Å². The summed E-state index contributed by atoms with van der Waals surface area (Å²) in [5.41, 5.74) is 3.44. The van der Waals surface area contributed by atoms with E-state index in [0.29, 0.717) is 5.56 Å². The lowest BCUT2D eigenvalue weighted by Crippen LogP contribution is -2.35. The summed E-state index contributed by atoms with van der Waals surface area (Å²) in [5.74, 6) is 1.47. The Morgan fingerprint density at radius 2 is 1.94 bits per heavy atom. The molecule has 0 bridgehead atoms. The van der Waals surface area contributed by atoms with Gasteiger partial charge in [-0.15, -0.1) is 9.36 Å². The van der Waals surface area contributed by atoms with Crippen molar-refractivity contribution in [1.82, 2.24) is 9.77 Å². The number of nitrogens with zero attached hydrogens (tertiary/aromatic N) is 3. The van der Waals surface area contributed by atoms with Gasteiger partial charge in [0.05, 0.1) is 0 Å². The minimum absolute atomic E-state index is 0.144. The first-order valence-electron chi connectivity index (χ1n) is 5.38. The van der Waals surface area contributed by atoms with Gasteiger partial charge in [-0.2, -0.15) is 5.43 Å². The molecule has 0 saturated carbocycles. The third-order valence-electron chi connectivity index (χ3n) is 2.66. The van der Waals surface area contributed by atoms with Crippen LogP contribution in [0.25, 0.3) is 0 Å². The molecule has 1 heterocycles. The van der Waals surface area contributed by atoms with Crippen LogP contribution in [0.5, 0.6) is 0 Å². The summed E-state index contributed by atoms with van der Waals surface area (Å²) in [4.78, 5) is 12.0. The van der Waals surface area contributed by atoms with Crippen molar-refractivity contribution < 1.29 is 9.48 Å². The number of nitrogens with one attached hydrogen (secondary N) is 1. The van der Waals surface area contributed by atoms with E-state index in [9.17, 15) is 4.79 Å². The van der Waals surface area contributed by atoms with Gasteiger partial charge < -0.3 is 0 Å².